The van der Waals surface area contributed by atoms with Gasteiger partial charge in [0.1, 0.15) is 0 Å². The summed E-state index contributed by atoms with van der Waals surface area (Å²) in [5.41, 5.74) is 1.15. The number of nitrogens with zero attached hydrogens (tertiary/aromatic N) is 1. The molecular formula is C13H20N2OS. The Labute approximate surface area is 107 Å². The van der Waals surface area contributed by atoms with Gasteiger partial charge in [-0.2, -0.15) is 11.3 Å². The van der Waals surface area contributed by atoms with Crippen LogP contribution in [-0.2, 0) is 11.2 Å². The number of amides is 1. The fraction of sp³-hybridized carbons (Fsp3) is 0.615. The Morgan fingerprint density at radius 3 is 3.18 bits per heavy atom. The molecule has 1 aliphatic heterocycles. The van der Waals surface area contributed by atoms with Crippen LogP contribution < -0.4 is 5.32 Å². The molecule has 1 N–H and O–H groups in total. The van der Waals surface area contributed by atoms with Gasteiger partial charge in [-0.25, -0.2) is 0 Å². The van der Waals surface area contributed by atoms with E-state index in [1.165, 1.54) is 6.42 Å². The molecule has 0 radical (unpaired) electrons. The molecule has 94 valence electrons. The van der Waals surface area contributed by atoms with Gasteiger partial charge in [-0.15, -0.1) is 0 Å². The van der Waals surface area contributed by atoms with E-state index >= 15 is 0 Å². The summed E-state index contributed by atoms with van der Waals surface area (Å²) in [7, 11) is 1.95. The van der Waals surface area contributed by atoms with Crippen molar-refractivity contribution in [3.05, 3.63) is 22.4 Å². The fourth-order valence-corrected chi connectivity index (χ4v) is 3.11. The van der Waals surface area contributed by atoms with Crippen LogP contribution in [0.5, 0.6) is 0 Å². The van der Waals surface area contributed by atoms with E-state index in [-0.39, 0.29) is 5.91 Å². The zero-order valence-corrected chi connectivity index (χ0v) is 11.1. The molecule has 1 aromatic heterocycles. The Bertz CT molecular complexity index is 348. The minimum atomic E-state index is 0.281. The minimum Gasteiger partial charge on any atom is -0.338 e. The van der Waals surface area contributed by atoms with Crippen molar-refractivity contribution in [2.75, 3.05) is 20.1 Å². The first-order valence-corrected chi connectivity index (χ1v) is 7.20. The summed E-state index contributed by atoms with van der Waals surface area (Å²) in [4.78, 5) is 14.3. The van der Waals surface area contributed by atoms with E-state index < -0.39 is 0 Å². The lowest BCUT2D eigenvalue weighted by atomic mass is 10.0. The van der Waals surface area contributed by atoms with Crippen LogP contribution in [0.15, 0.2) is 16.8 Å². The number of thiophene rings is 1. The number of carbonyl (C=O) groups is 1. The van der Waals surface area contributed by atoms with E-state index in [1.54, 1.807) is 11.3 Å². The number of carbonyl (C=O) groups excluding carboxylic acids is 1. The lowest BCUT2D eigenvalue weighted by Crippen LogP contribution is -2.48. The number of hydrogen-bond donors (Lipinski definition) is 1. The van der Waals surface area contributed by atoms with Gasteiger partial charge >= 0.3 is 0 Å². The van der Waals surface area contributed by atoms with Crippen LogP contribution in [0.2, 0.25) is 0 Å². The minimum absolute atomic E-state index is 0.281. The monoisotopic (exact) mass is 252 g/mol. The second-order valence-electron chi connectivity index (χ2n) is 4.60. The van der Waals surface area contributed by atoms with Crippen molar-refractivity contribution in [3.8, 4) is 0 Å². The lowest BCUT2D eigenvalue weighted by molar-refractivity contribution is -0.134. The molecule has 17 heavy (non-hydrogen) atoms. The normalized spacial score (nSPS) is 20.5. The van der Waals surface area contributed by atoms with Gasteiger partial charge in [0.15, 0.2) is 0 Å². The van der Waals surface area contributed by atoms with Crippen LogP contribution in [0.1, 0.15) is 24.8 Å². The Morgan fingerprint density at radius 1 is 1.59 bits per heavy atom. The molecule has 2 heterocycles. The lowest BCUT2D eigenvalue weighted by Gasteiger charge is -2.35. The van der Waals surface area contributed by atoms with Crippen molar-refractivity contribution in [2.24, 2.45) is 0 Å². The average molecular weight is 252 g/mol. The zero-order valence-electron chi connectivity index (χ0n) is 10.3. The molecule has 1 unspecified atom stereocenters. The Hall–Kier alpha value is -0.870. The van der Waals surface area contributed by atoms with E-state index in [0.29, 0.717) is 12.5 Å². The first kappa shape index (κ1) is 12.6. The molecule has 0 aromatic carbocycles. The largest absolute Gasteiger partial charge is 0.338 e. The van der Waals surface area contributed by atoms with Gasteiger partial charge in [-0.3, -0.25) is 4.79 Å². The maximum absolute atomic E-state index is 12.3. The zero-order chi connectivity index (χ0) is 12.1. The van der Waals surface area contributed by atoms with Crippen molar-refractivity contribution in [1.29, 1.82) is 0 Å². The third-order valence-corrected chi connectivity index (χ3v) is 4.05. The van der Waals surface area contributed by atoms with Gasteiger partial charge in [0.05, 0.1) is 6.42 Å². The van der Waals surface area contributed by atoms with Gasteiger partial charge in [-0.1, -0.05) is 0 Å². The number of likely N-dealkylation sites (N-methyl/N-ethyl adjacent to an activating group) is 1. The van der Waals surface area contributed by atoms with Crippen LogP contribution in [-0.4, -0.2) is 37.0 Å². The predicted molar refractivity (Wildman–Crippen MR) is 71.3 cm³/mol. The molecule has 0 spiro atoms. The number of hydrogen-bond acceptors (Lipinski definition) is 3. The summed E-state index contributed by atoms with van der Waals surface area (Å²) >= 11 is 1.66. The van der Waals surface area contributed by atoms with E-state index in [1.807, 2.05) is 18.5 Å². The molecule has 0 bridgehead atoms. The number of nitrogens with one attached hydrogen (secondary N) is 1. The highest BCUT2D eigenvalue weighted by Gasteiger charge is 2.25. The summed E-state index contributed by atoms with van der Waals surface area (Å²) in [6, 6.07) is 2.43. The van der Waals surface area contributed by atoms with Gasteiger partial charge in [0, 0.05) is 19.1 Å². The maximum atomic E-state index is 12.3. The van der Waals surface area contributed by atoms with Crippen LogP contribution in [0.25, 0.3) is 0 Å². The Balaban J connectivity index is 1.96. The van der Waals surface area contributed by atoms with Crippen molar-refractivity contribution >= 4 is 17.2 Å². The first-order valence-electron chi connectivity index (χ1n) is 6.26. The molecule has 4 heteroatoms. The topological polar surface area (TPSA) is 32.3 Å². The Kier molecular flexibility index (Phi) is 4.57. The van der Waals surface area contributed by atoms with Crippen LogP contribution in [0, 0.1) is 0 Å². The second-order valence-corrected chi connectivity index (χ2v) is 5.38. The van der Waals surface area contributed by atoms with E-state index in [4.69, 9.17) is 0 Å². The number of rotatable bonds is 4. The smallest absolute Gasteiger partial charge is 0.227 e. The standard InChI is InChI=1S/C13H20N2OS/c1-14-9-12-4-2-3-6-15(12)13(16)8-11-5-7-17-10-11/h5,7,10,12,14H,2-4,6,8-9H2,1H3. The summed E-state index contributed by atoms with van der Waals surface area (Å²) < 4.78 is 0. The van der Waals surface area contributed by atoms with E-state index in [0.717, 1.165) is 31.5 Å². The van der Waals surface area contributed by atoms with Crippen LogP contribution >= 0.6 is 11.3 Å². The highest BCUT2D eigenvalue weighted by Crippen LogP contribution is 2.18. The van der Waals surface area contributed by atoms with Crippen LogP contribution in [0.3, 0.4) is 0 Å². The molecule has 1 aliphatic rings. The molecule has 0 saturated carbocycles. The molecular weight excluding hydrogens is 232 g/mol. The molecule has 1 amide bonds. The third kappa shape index (κ3) is 3.30. The summed E-state index contributed by atoms with van der Waals surface area (Å²) in [6.07, 6.45) is 4.09. The molecule has 0 aliphatic carbocycles. The van der Waals surface area contributed by atoms with E-state index in [9.17, 15) is 4.79 Å². The fourth-order valence-electron chi connectivity index (χ4n) is 2.45. The van der Waals surface area contributed by atoms with Gasteiger partial charge in [-0.05, 0) is 48.7 Å². The van der Waals surface area contributed by atoms with Crippen molar-refractivity contribution in [2.45, 2.75) is 31.7 Å². The Morgan fingerprint density at radius 2 is 2.47 bits per heavy atom. The second kappa shape index (κ2) is 6.17. The van der Waals surface area contributed by atoms with Crippen molar-refractivity contribution in [3.63, 3.8) is 0 Å². The van der Waals surface area contributed by atoms with E-state index in [2.05, 4.69) is 15.6 Å². The molecule has 1 saturated heterocycles. The maximum Gasteiger partial charge on any atom is 0.227 e. The quantitative estimate of drug-likeness (QED) is 0.887. The van der Waals surface area contributed by atoms with Crippen molar-refractivity contribution < 1.29 is 4.79 Å². The molecule has 3 nitrogen and oxygen atoms in total. The molecule has 2 rings (SSSR count). The summed E-state index contributed by atoms with van der Waals surface area (Å²) in [6.45, 7) is 1.84. The SMILES string of the molecule is CNCC1CCCCN1C(=O)Cc1ccsc1. The highest BCUT2D eigenvalue weighted by atomic mass is 32.1. The molecule has 1 aromatic rings. The van der Waals surface area contributed by atoms with Gasteiger partial charge in [0.25, 0.3) is 0 Å². The number of piperidine rings is 1. The molecule has 1 atom stereocenters. The van der Waals surface area contributed by atoms with Gasteiger partial charge in [0.2, 0.25) is 5.91 Å². The first-order chi connectivity index (χ1) is 8.31. The van der Waals surface area contributed by atoms with Crippen LogP contribution in [0.4, 0.5) is 0 Å². The van der Waals surface area contributed by atoms with Gasteiger partial charge < -0.3 is 10.2 Å². The predicted octanol–water partition coefficient (Wildman–Crippen LogP) is 1.89. The third-order valence-electron chi connectivity index (χ3n) is 3.32. The summed E-state index contributed by atoms with van der Waals surface area (Å²) in [5.74, 6) is 0.281. The highest BCUT2D eigenvalue weighted by molar-refractivity contribution is 7.07. The van der Waals surface area contributed by atoms with Crippen molar-refractivity contribution in [1.82, 2.24) is 10.2 Å². The average Bonchev–Trinajstić information content (AvgIpc) is 2.83. The number of likely N-dealkylation sites (tertiary alicyclic amines) is 1. The summed E-state index contributed by atoms with van der Waals surface area (Å²) in [5, 5.41) is 7.29. The molecule has 1 fully saturated rings.